The van der Waals surface area contributed by atoms with Gasteiger partial charge in [0.25, 0.3) is 5.91 Å². The van der Waals surface area contributed by atoms with Crippen LogP contribution in [0, 0.1) is 12.3 Å². The molecule has 8 nitrogen and oxygen atoms in total. The Kier molecular flexibility index (Phi) is 5.01. The number of hydrogen-bond donors (Lipinski definition) is 1. The summed E-state index contributed by atoms with van der Waals surface area (Å²) in [6, 6.07) is 6.00. The number of benzene rings is 1. The number of nitrogens with zero attached hydrogens (tertiary/aromatic N) is 3. The third kappa shape index (κ3) is 3.51. The van der Waals surface area contributed by atoms with Crippen molar-refractivity contribution < 1.29 is 37.1 Å². The van der Waals surface area contributed by atoms with Crippen molar-refractivity contribution >= 4 is 11.9 Å². The average molecular weight is 399 g/mol. The van der Waals surface area contributed by atoms with Crippen LogP contribution in [0.5, 0.6) is 5.75 Å². The zero-order valence-electron chi connectivity index (χ0n) is 14.7. The van der Waals surface area contributed by atoms with Gasteiger partial charge in [-0.2, -0.15) is 18.2 Å². The first kappa shape index (κ1) is 19.6. The van der Waals surface area contributed by atoms with E-state index in [4.69, 9.17) is 14.4 Å². The Balaban J connectivity index is 1.79. The van der Waals surface area contributed by atoms with E-state index < -0.39 is 36.4 Å². The molecule has 150 valence electrons. The normalized spacial score (nSPS) is 19.6. The fourth-order valence-corrected chi connectivity index (χ4v) is 2.99. The van der Waals surface area contributed by atoms with Crippen LogP contribution in [0.4, 0.5) is 13.2 Å². The summed E-state index contributed by atoms with van der Waals surface area (Å²) < 4.78 is 50.3. The molecule has 0 radical (unpaired) electrons. The van der Waals surface area contributed by atoms with Crippen LogP contribution in [-0.4, -0.2) is 51.3 Å². The molecule has 2 heterocycles. The summed E-state index contributed by atoms with van der Waals surface area (Å²) in [5, 5.41) is 12.8. The monoisotopic (exact) mass is 399 g/mol. The molecular weight excluding hydrogens is 383 g/mol. The van der Waals surface area contributed by atoms with E-state index in [1.54, 1.807) is 13.0 Å². The lowest BCUT2D eigenvalue weighted by molar-refractivity contribution is -0.227. The largest absolute Gasteiger partial charge is 0.485 e. The summed E-state index contributed by atoms with van der Waals surface area (Å²) in [6.45, 7) is 0.200. The first-order chi connectivity index (χ1) is 13.1. The molecule has 1 N–H and O–H groups in total. The highest BCUT2D eigenvalue weighted by atomic mass is 19.4. The number of rotatable bonds is 5. The molecule has 2 aromatic rings. The number of para-hydroxylation sites is 1. The smallest absolute Gasteiger partial charge is 0.406 e. The van der Waals surface area contributed by atoms with Crippen molar-refractivity contribution in [2.24, 2.45) is 5.41 Å². The minimum absolute atomic E-state index is 0.0195. The minimum Gasteiger partial charge on any atom is -0.485 e. The summed E-state index contributed by atoms with van der Waals surface area (Å²) >= 11 is 0. The summed E-state index contributed by atoms with van der Waals surface area (Å²) in [5.41, 5.74) is -2.95. The zero-order chi connectivity index (χ0) is 20.5. The highest BCUT2D eigenvalue weighted by Gasteiger charge is 2.64. The van der Waals surface area contributed by atoms with Gasteiger partial charge < -0.3 is 19.3 Å². The van der Waals surface area contributed by atoms with Crippen LogP contribution in [0.1, 0.15) is 28.5 Å². The van der Waals surface area contributed by atoms with E-state index in [0.29, 0.717) is 5.89 Å². The molecule has 1 amide bonds. The molecule has 1 atom stereocenters. The van der Waals surface area contributed by atoms with Crippen LogP contribution < -0.4 is 4.74 Å². The van der Waals surface area contributed by atoms with Gasteiger partial charge in [0.15, 0.2) is 12.0 Å². The maximum Gasteiger partial charge on any atom is 0.406 e. The SMILES string of the molecule is Cc1nc(COc2ccccc2C(=O)N2CCC(C(=O)O)(C(F)(F)F)C2)no1. The zero-order valence-corrected chi connectivity index (χ0v) is 14.7. The Labute approximate surface area is 156 Å². The van der Waals surface area contributed by atoms with Crippen LogP contribution in [0.15, 0.2) is 28.8 Å². The molecule has 0 bridgehead atoms. The lowest BCUT2D eigenvalue weighted by atomic mass is 9.86. The van der Waals surface area contributed by atoms with Crippen molar-refractivity contribution in [3.8, 4) is 5.75 Å². The Morgan fingerprint density at radius 1 is 1.36 bits per heavy atom. The molecule has 11 heteroatoms. The van der Waals surface area contributed by atoms with Crippen LogP contribution in [0.3, 0.4) is 0 Å². The fraction of sp³-hybridized carbons (Fsp3) is 0.412. The van der Waals surface area contributed by atoms with Gasteiger partial charge in [-0.3, -0.25) is 9.59 Å². The predicted molar refractivity (Wildman–Crippen MR) is 86.5 cm³/mol. The highest BCUT2D eigenvalue weighted by Crippen LogP contribution is 2.46. The van der Waals surface area contributed by atoms with Gasteiger partial charge in [0.05, 0.1) is 5.56 Å². The van der Waals surface area contributed by atoms with Crippen LogP contribution >= 0.6 is 0 Å². The molecule has 1 aromatic carbocycles. The second-order valence-electron chi connectivity index (χ2n) is 6.38. The lowest BCUT2D eigenvalue weighted by Gasteiger charge is -2.27. The quantitative estimate of drug-likeness (QED) is 0.823. The van der Waals surface area contributed by atoms with Crippen LogP contribution in [-0.2, 0) is 11.4 Å². The van der Waals surface area contributed by atoms with Crippen molar-refractivity contribution in [2.45, 2.75) is 26.1 Å². The summed E-state index contributed by atoms with van der Waals surface area (Å²) in [4.78, 5) is 28.9. The van der Waals surface area contributed by atoms with E-state index in [-0.39, 0.29) is 30.3 Å². The summed E-state index contributed by atoms with van der Waals surface area (Å²) in [6.07, 6.45) is -5.68. The van der Waals surface area contributed by atoms with Gasteiger partial charge in [-0.05, 0) is 18.6 Å². The van der Waals surface area contributed by atoms with E-state index in [2.05, 4.69) is 10.1 Å². The number of carboxylic acid groups (broad SMARTS) is 1. The predicted octanol–water partition coefficient (Wildman–Crippen LogP) is 2.44. The number of carboxylic acids is 1. The molecule has 0 aliphatic carbocycles. The number of aryl methyl sites for hydroxylation is 1. The van der Waals surface area contributed by atoms with Crippen molar-refractivity contribution in [2.75, 3.05) is 13.1 Å². The Hall–Kier alpha value is -3.11. The molecule has 0 saturated carbocycles. The molecule has 1 aromatic heterocycles. The number of hydrogen-bond acceptors (Lipinski definition) is 6. The number of ether oxygens (including phenoxy) is 1. The third-order valence-electron chi connectivity index (χ3n) is 4.55. The number of aromatic nitrogens is 2. The van der Waals surface area contributed by atoms with Gasteiger partial charge >= 0.3 is 12.1 Å². The van der Waals surface area contributed by atoms with Crippen LogP contribution in [0.2, 0.25) is 0 Å². The van der Waals surface area contributed by atoms with E-state index in [9.17, 15) is 22.8 Å². The minimum atomic E-state index is -4.97. The maximum absolute atomic E-state index is 13.3. The summed E-state index contributed by atoms with van der Waals surface area (Å²) in [5.74, 6) is -2.05. The molecule has 1 aliphatic rings. The Morgan fingerprint density at radius 2 is 2.07 bits per heavy atom. The van der Waals surface area contributed by atoms with Gasteiger partial charge in [0.1, 0.15) is 5.75 Å². The fourth-order valence-electron chi connectivity index (χ4n) is 2.99. The van der Waals surface area contributed by atoms with Crippen molar-refractivity contribution in [3.63, 3.8) is 0 Å². The number of carbonyl (C=O) groups excluding carboxylic acids is 1. The average Bonchev–Trinajstić information content (AvgIpc) is 3.26. The summed E-state index contributed by atoms with van der Waals surface area (Å²) in [7, 11) is 0. The molecule has 1 unspecified atom stereocenters. The number of alkyl halides is 3. The second-order valence-corrected chi connectivity index (χ2v) is 6.38. The molecule has 28 heavy (non-hydrogen) atoms. The molecule has 3 rings (SSSR count). The van der Waals surface area contributed by atoms with E-state index in [1.165, 1.54) is 18.2 Å². The first-order valence-electron chi connectivity index (χ1n) is 8.24. The van der Waals surface area contributed by atoms with Gasteiger partial charge in [-0.1, -0.05) is 17.3 Å². The van der Waals surface area contributed by atoms with Gasteiger partial charge in [0, 0.05) is 20.0 Å². The molecule has 1 saturated heterocycles. The Morgan fingerprint density at radius 3 is 2.64 bits per heavy atom. The molecular formula is C17H16F3N3O5. The number of aliphatic carboxylic acids is 1. The Bertz CT molecular complexity index is 898. The molecule has 1 aliphatic heterocycles. The number of carbonyl (C=O) groups is 2. The topological polar surface area (TPSA) is 106 Å². The standard InChI is InChI=1S/C17H16F3N3O5/c1-10-21-13(22-28-10)8-27-12-5-3-2-4-11(12)14(24)23-7-6-16(9-23,15(25)26)17(18,19)20/h2-5H,6-9H2,1H3,(H,25,26). The van der Waals surface area contributed by atoms with Crippen molar-refractivity contribution in [1.29, 1.82) is 0 Å². The maximum atomic E-state index is 13.3. The van der Waals surface area contributed by atoms with Gasteiger partial charge in [0.2, 0.25) is 11.7 Å². The van der Waals surface area contributed by atoms with Gasteiger partial charge in [-0.25, -0.2) is 0 Å². The van der Waals surface area contributed by atoms with E-state index in [1.807, 2.05) is 0 Å². The molecule has 0 spiro atoms. The first-order valence-corrected chi connectivity index (χ1v) is 8.24. The van der Waals surface area contributed by atoms with Gasteiger partial charge in [-0.15, -0.1) is 0 Å². The highest BCUT2D eigenvalue weighted by molar-refractivity contribution is 5.97. The third-order valence-corrected chi connectivity index (χ3v) is 4.55. The van der Waals surface area contributed by atoms with Crippen LogP contribution in [0.25, 0.3) is 0 Å². The van der Waals surface area contributed by atoms with Crippen molar-refractivity contribution in [3.05, 3.63) is 41.5 Å². The number of amides is 1. The van der Waals surface area contributed by atoms with E-state index >= 15 is 0 Å². The molecule has 1 fully saturated rings. The number of halogens is 3. The second kappa shape index (κ2) is 7.13. The lowest BCUT2D eigenvalue weighted by Crippen LogP contribution is -2.47. The number of likely N-dealkylation sites (tertiary alicyclic amines) is 1. The van der Waals surface area contributed by atoms with E-state index in [0.717, 1.165) is 4.90 Å². The van der Waals surface area contributed by atoms with Crippen molar-refractivity contribution in [1.82, 2.24) is 15.0 Å².